The Morgan fingerprint density at radius 1 is 1.00 bits per heavy atom. The van der Waals surface area contributed by atoms with E-state index in [1.807, 2.05) is 30.3 Å². The van der Waals surface area contributed by atoms with Crippen LogP contribution in [-0.2, 0) is 21.2 Å². The Morgan fingerprint density at radius 2 is 1.68 bits per heavy atom. The van der Waals surface area contributed by atoms with Crippen LogP contribution in [0.4, 0.5) is 5.69 Å². The van der Waals surface area contributed by atoms with Crippen molar-refractivity contribution >= 4 is 44.8 Å². The maximum absolute atomic E-state index is 13.0. The van der Waals surface area contributed by atoms with Crippen molar-refractivity contribution in [3.63, 3.8) is 0 Å². The van der Waals surface area contributed by atoms with Crippen molar-refractivity contribution in [2.24, 2.45) is 0 Å². The molecule has 0 saturated carbocycles. The Balaban J connectivity index is 1.85. The van der Waals surface area contributed by atoms with E-state index in [0.717, 1.165) is 5.56 Å². The Kier molecular flexibility index (Phi) is 7.56. The van der Waals surface area contributed by atoms with Crippen LogP contribution >= 0.6 is 23.2 Å². The van der Waals surface area contributed by atoms with Crippen molar-refractivity contribution in [2.45, 2.75) is 17.4 Å². The molecular formula is C22H20Cl2N2O4S. The number of benzene rings is 3. The first kappa shape index (κ1) is 23.1. The molecule has 0 aromatic heterocycles. The smallest absolute Gasteiger partial charge is 0.242 e. The lowest BCUT2D eigenvalue weighted by Crippen LogP contribution is -2.45. The van der Waals surface area contributed by atoms with Gasteiger partial charge < -0.3 is 10.1 Å². The SMILES string of the molecule is COc1ccc(NC(=O)C(Cc2ccccc2)NS(=O)(=O)c2ccc(Cl)cc2)cc1Cl. The maximum Gasteiger partial charge on any atom is 0.242 e. The van der Waals surface area contributed by atoms with E-state index in [1.54, 1.807) is 12.1 Å². The second-order valence-corrected chi connectivity index (χ2v) is 9.21. The lowest BCUT2D eigenvalue weighted by atomic mass is 10.1. The molecule has 1 amide bonds. The molecule has 162 valence electrons. The third-order valence-electron chi connectivity index (χ3n) is 4.44. The Bertz CT molecular complexity index is 1150. The normalized spacial score (nSPS) is 12.2. The Labute approximate surface area is 191 Å². The maximum atomic E-state index is 13.0. The van der Waals surface area contributed by atoms with E-state index >= 15 is 0 Å². The molecule has 3 aromatic carbocycles. The van der Waals surface area contributed by atoms with Gasteiger partial charge in [-0.05, 0) is 54.4 Å². The van der Waals surface area contributed by atoms with E-state index in [4.69, 9.17) is 27.9 Å². The summed E-state index contributed by atoms with van der Waals surface area (Å²) in [6.07, 6.45) is 0.156. The number of nitrogens with one attached hydrogen (secondary N) is 2. The molecule has 6 nitrogen and oxygen atoms in total. The number of hydrogen-bond acceptors (Lipinski definition) is 4. The minimum absolute atomic E-state index is 0.00949. The Morgan fingerprint density at radius 3 is 2.29 bits per heavy atom. The van der Waals surface area contributed by atoms with Crippen LogP contribution in [0.3, 0.4) is 0 Å². The summed E-state index contributed by atoms with van der Waals surface area (Å²) in [6, 6.07) is 18.5. The molecule has 1 unspecified atom stereocenters. The van der Waals surface area contributed by atoms with Gasteiger partial charge >= 0.3 is 0 Å². The molecule has 3 aromatic rings. The summed E-state index contributed by atoms with van der Waals surface area (Å²) >= 11 is 12.0. The van der Waals surface area contributed by atoms with Gasteiger partial charge in [-0.15, -0.1) is 0 Å². The fraction of sp³-hybridized carbons (Fsp3) is 0.136. The van der Waals surface area contributed by atoms with Crippen LogP contribution in [0.1, 0.15) is 5.56 Å². The number of rotatable bonds is 8. The van der Waals surface area contributed by atoms with E-state index in [9.17, 15) is 13.2 Å². The summed E-state index contributed by atoms with van der Waals surface area (Å²) in [4.78, 5) is 13.0. The van der Waals surface area contributed by atoms with Crippen molar-refractivity contribution in [3.05, 3.63) is 88.4 Å². The van der Waals surface area contributed by atoms with Crippen LogP contribution in [0.2, 0.25) is 10.0 Å². The largest absolute Gasteiger partial charge is 0.495 e. The molecule has 0 saturated heterocycles. The van der Waals surface area contributed by atoms with E-state index in [-0.39, 0.29) is 11.3 Å². The van der Waals surface area contributed by atoms with Gasteiger partial charge in [-0.2, -0.15) is 4.72 Å². The molecule has 0 aliphatic rings. The molecule has 0 radical (unpaired) electrons. The van der Waals surface area contributed by atoms with Gasteiger partial charge in [0.25, 0.3) is 0 Å². The second-order valence-electron chi connectivity index (χ2n) is 6.66. The highest BCUT2D eigenvalue weighted by Gasteiger charge is 2.26. The quantitative estimate of drug-likeness (QED) is 0.497. The number of halogens is 2. The summed E-state index contributed by atoms with van der Waals surface area (Å²) in [5.74, 6) is -0.0634. The molecule has 0 bridgehead atoms. The first-order valence-electron chi connectivity index (χ1n) is 9.25. The minimum Gasteiger partial charge on any atom is -0.495 e. The zero-order valence-electron chi connectivity index (χ0n) is 16.5. The van der Waals surface area contributed by atoms with Gasteiger partial charge in [0.2, 0.25) is 15.9 Å². The van der Waals surface area contributed by atoms with Gasteiger partial charge in [0.15, 0.2) is 0 Å². The van der Waals surface area contributed by atoms with Crippen molar-refractivity contribution in [1.82, 2.24) is 4.72 Å². The number of anilines is 1. The molecule has 0 spiro atoms. The zero-order valence-corrected chi connectivity index (χ0v) is 18.8. The van der Waals surface area contributed by atoms with E-state index < -0.39 is 22.0 Å². The van der Waals surface area contributed by atoms with Crippen molar-refractivity contribution < 1.29 is 17.9 Å². The summed E-state index contributed by atoms with van der Waals surface area (Å²) in [7, 11) is -2.48. The topological polar surface area (TPSA) is 84.5 Å². The van der Waals surface area contributed by atoms with Gasteiger partial charge in [0.1, 0.15) is 11.8 Å². The average Bonchev–Trinajstić information content (AvgIpc) is 2.74. The van der Waals surface area contributed by atoms with Gasteiger partial charge in [0, 0.05) is 10.7 Å². The predicted molar refractivity (Wildman–Crippen MR) is 122 cm³/mol. The first-order chi connectivity index (χ1) is 14.8. The summed E-state index contributed by atoms with van der Waals surface area (Å²) in [5.41, 5.74) is 1.22. The third-order valence-corrected chi connectivity index (χ3v) is 6.47. The highest BCUT2D eigenvalue weighted by atomic mass is 35.5. The summed E-state index contributed by atoms with van der Waals surface area (Å²) in [6.45, 7) is 0. The van der Waals surface area contributed by atoms with Crippen LogP contribution in [0.15, 0.2) is 77.7 Å². The predicted octanol–water partition coefficient (Wildman–Crippen LogP) is 4.53. The molecule has 2 N–H and O–H groups in total. The molecule has 3 rings (SSSR count). The van der Waals surface area contributed by atoms with E-state index in [1.165, 1.54) is 37.4 Å². The monoisotopic (exact) mass is 478 g/mol. The van der Waals surface area contributed by atoms with E-state index in [0.29, 0.717) is 21.5 Å². The van der Waals surface area contributed by atoms with Crippen LogP contribution in [-0.4, -0.2) is 27.5 Å². The van der Waals surface area contributed by atoms with Crippen LogP contribution in [0.5, 0.6) is 5.75 Å². The van der Waals surface area contributed by atoms with Gasteiger partial charge in [-0.1, -0.05) is 53.5 Å². The number of ether oxygens (including phenoxy) is 1. The van der Waals surface area contributed by atoms with Crippen molar-refractivity contribution in [3.8, 4) is 5.75 Å². The van der Waals surface area contributed by atoms with Crippen molar-refractivity contribution in [2.75, 3.05) is 12.4 Å². The molecule has 31 heavy (non-hydrogen) atoms. The lowest BCUT2D eigenvalue weighted by molar-refractivity contribution is -0.117. The number of carbonyl (C=O) groups excluding carboxylic acids is 1. The van der Waals surface area contributed by atoms with Crippen molar-refractivity contribution in [1.29, 1.82) is 0 Å². The number of methoxy groups -OCH3 is 1. The highest BCUT2D eigenvalue weighted by molar-refractivity contribution is 7.89. The standard InChI is InChI=1S/C22H20Cl2N2O4S/c1-30-21-12-9-17(14-19(21)24)25-22(27)20(13-15-5-3-2-4-6-15)26-31(28,29)18-10-7-16(23)8-11-18/h2-12,14,20,26H,13H2,1H3,(H,25,27). The molecule has 1 atom stereocenters. The van der Waals surface area contributed by atoms with Gasteiger partial charge in [0.05, 0.1) is 17.0 Å². The average molecular weight is 479 g/mol. The van der Waals surface area contributed by atoms with Crippen LogP contribution in [0.25, 0.3) is 0 Å². The number of hydrogen-bond donors (Lipinski definition) is 2. The van der Waals surface area contributed by atoms with Gasteiger partial charge in [-0.25, -0.2) is 8.42 Å². The number of carbonyl (C=O) groups is 1. The number of amides is 1. The zero-order chi connectivity index (χ0) is 22.4. The summed E-state index contributed by atoms with van der Waals surface area (Å²) < 4.78 is 33.3. The highest BCUT2D eigenvalue weighted by Crippen LogP contribution is 2.27. The first-order valence-corrected chi connectivity index (χ1v) is 11.5. The minimum atomic E-state index is -3.97. The molecule has 9 heteroatoms. The van der Waals surface area contributed by atoms with Crippen LogP contribution in [0, 0.1) is 0 Å². The Hall–Kier alpha value is -2.58. The summed E-state index contributed by atoms with van der Waals surface area (Å²) in [5, 5.41) is 3.44. The second kappa shape index (κ2) is 10.2. The number of sulfonamides is 1. The molecule has 0 aliphatic heterocycles. The molecule has 0 heterocycles. The van der Waals surface area contributed by atoms with Crippen LogP contribution < -0.4 is 14.8 Å². The third kappa shape index (κ3) is 6.21. The van der Waals surface area contributed by atoms with E-state index in [2.05, 4.69) is 10.0 Å². The fourth-order valence-corrected chi connectivity index (χ4v) is 4.46. The lowest BCUT2D eigenvalue weighted by Gasteiger charge is -2.19. The molecular weight excluding hydrogens is 459 g/mol. The fourth-order valence-electron chi connectivity index (χ4n) is 2.88. The van der Waals surface area contributed by atoms with Gasteiger partial charge in [-0.3, -0.25) is 4.79 Å². The molecule has 0 aliphatic carbocycles. The molecule has 0 fully saturated rings.